The van der Waals surface area contributed by atoms with E-state index in [9.17, 15) is 0 Å². The summed E-state index contributed by atoms with van der Waals surface area (Å²) in [5.41, 5.74) is 4.56. The molecule has 29 heavy (non-hydrogen) atoms. The predicted octanol–water partition coefficient (Wildman–Crippen LogP) is 8.80. The Balaban J connectivity index is 0.00000117. The van der Waals surface area contributed by atoms with E-state index >= 15 is 0 Å². The molecular weight excluding hydrogens is 356 g/mol. The summed E-state index contributed by atoms with van der Waals surface area (Å²) in [5.74, 6) is 3.18. The molecule has 4 rings (SSSR count). The van der Waals surface area contributed by atoms with E-state index in [0.717, 1.165) is 11.7 Å². The van der Waals surface area contributed by atoms with Crippen molar-refractivity contribution in [1.82, 2.24) is 0 Å². The number of rotatable bonds is 5. The molecule has 0 atom stereocenters. The molecule has 0 aliphatic heterocycles. The molecule has 0 spiro atoms. The summed E-state index contributed by atoms with van der Waals surface area (Å²) in [7, 11) is 1.67. The van der Waals surface area contributed by atoms with Crippen LogP contribution in [0.15, 0.2) is 12.1 Å². The maximum atomic E-state index is 5.92. The van der Waals surface area contributed by atoms with Gasteiger partial charge in [-0.25, -0.2) is 0 Å². The summed E-state index contributed by atoms with van der Waals surface area (Å²) in [5, 5.41) is 0. The topological polar surface area (TPSA) is 18.5 Å². The predicted molar refractivity (Wildman–Crippen MR) is 123 cm³/mol. The highest BCUT2D eigenvalue weighted by molar-refractivity contribution is 5.49. The van der Waals surface area contributed by atoms with E-state index in [1.54, 1.807) is 12.7 Å². The molecule has 0 saturated heterocycles. The van der Waals surface area contributed by atoms with Gasteiger partial charge in [0.2, 0.25) is 0 Å². The fourth-order valence-corrected chi connectivity index (χ4v) is 5.98. The van der Waals surface area contributed by atoms with Gasteiger partial charge < -0.3 is 4.89 Å². The first-order chi connectivity index (χ1) is 14.4. The van der Waals surface area contributed by atoms with Crippen LogP contribution in [-0.2, 0) is 4.89 Å². The first-order valence-corrected chi connectivity index (χ1v) is 12.7. The molecule has 1 aromatic rings. The van der Waals surface area contributed by atoms with Crippen LogP contribution in [0.3, 0.4) is 0 Å². The molecule has 3 saturated carbocycles. The van der Waals surface area contributed by atoms with Crippen LogP contribution >= 0.6 is 0 Å². The largest absolute Gasteiger partial charge is 0.337 e. The first kappa shape index (κ1) is 22.7. The molecule has 0 amide bonds. The zero-order valence-electron chi connectivity index (χ0n) is 19.3. The van der Waals surface area contributed by atoms with Gasteiger partial charge >= 0.3 is 0 Å². The summed E-state index contributed by atoms with van der Waals surface area (Å²) in [6.07, 6.45) is 20.5. The maximum absolute atomic E-state index is 5.92. The fraction of sp³-hybridized carbons (Fsp3) is 0.778. The summed E-state index contributed by atoms with van der Waals surface area (Å²) in [4.78, 5) is 11.2. The van der Waals surface area contributed by atoms with E-state index < -0.39 is 0 Å². The molecule has 164 valence electrons. The maximum Gasteiger partial charge on any atom is 0.172 e. The molecule has 2 nitrogen and oxygen atoms in total. The minimum atomic E-state index is 0.662. The molecule has 0 unspecified atom stereocenters. The van der Waals surface area contributed by atoms with E-state index in [2.05, 4.69) is 12.1 Å². The van der Waals surface area contributed by atoms with Crippen molar-refractivity contribution in [3.8, 4) is 5.75 Å². The molecular formula is C27H44O2. The van der Waals surface area contributed by atoms with Crippen molar-refractivity contribution >= 4 is 0 Å². The standard InChI is InChI=1S/C25H38O2.C2H6/c1-26-27-25-23(20-13-7-3-8-14-20)17-22(19-11-5-2-6-12-19)18-24(25)21-15-9-4-10-16-21;1-2/h17-21H,2-16H2,1H3;1-2H3. The van der Waals surface area contributed by atoms with E-state index in [4.69, 9.17) is 9.78 Å². The second kappa shape index (κ2) is 12.0. The van der Waals surface area contributed by atoms with Crippen molar-refractivity contribution in [3.63, 3.8) is 0 Å². The van der Waals surface area contributed by atoms with Gasteiger partial charge in [-0.3, -0.25) is 0 Å². The molecule has 1 aromatic carbocycles. The summed E-state index contributed by atoms with van der Waals surface area (Å²) >= 11 is 0. The average molecular weight is 401 g/mol. The summed E-state index contributed by atoms with van der Waals surface area (Å²) in [6.45, 7) is 4.00. The molecule has 3 fully saturated rings. The third kappa shape index (κ3) is 5.78. The van der Waals surface area contributed by atoms with Gasteiger partial charge in [0.1, 0.15) is 0 Å². The second-order valence-corrected chi connectivity index (χ2v) is 9.28. The quantitative estimate of drug-likeness (QED) is 0.363. The Hall–Kier alpha value is -1.02. The van der Waals surface area contributed by atoms with Crippen molar-refractivity contribution in [3.05, 3.63) is 28.8 Å². The van der Waals surface area contributed by atoms with Crippen molar-refractivity contribution in [2.45, 2.75) is 128 Å². The van der Waals surface area contributed by atoms with Crippen molar-refractivity contribution < 1.29 is 9.78 Å². The third-order valence-electron chi connectivity index (χ3n) is 7.50. The minimum Gasteiger partial charge on any atom is -0.337 e. The van der Waals surface area contributed by atoms with E-state index in [1.807, 2.05) is 13.8 Å². The lowest BCUT2D eigenvalue weighted by atomic mass is 9.75. The van der Waals surface area contributed by atoms with Gasteiger partial charge in [-0.1, -0.05) is 83.8 Å². The van der Waals surface area contributed by atoms with Gasteiger partial charge in [0, 0.05) is 11.1 Å². The molecule has 0 N–H and O–H groups in total. The van der Waals surface area contributed by atoms with Gasteiger partial charge in [0.25, 0.3) is 0 Å². The third-order valence-corrected chi connectivity index (χ3v) is 7.50. The van der Waals surface area contributed by atoms with Gasteiger partial charge in [-0.05, 0) is 61.8 Å². The smallest absolute Gasteiger partial charge is 0.172 e. The van der Waals surface area contributed by atoms with Gasteiger partial charge in [0.05, 0.1) is 7.11 Å². The zero-order chi connectivity index (χ0) is 20.5. The molecule has 2 heteroatoms. The Morgan fingerprint density at radius 3 is 1.34 bits per heavy atom. The second-order valence-electron chi connectivity index (χ2n) is 9.28. The Morgan fingerprint density at radius 1 is 0.586 bits per heavy atom. The van der Waals surface area contributed by atoms with Crippen molar-refractivity contribution in [2.24, 2.45) is 0 Å². The molecule has 0 heterocycles. The highest BCUT2D eigenvalue weighted by atomic mass is 17.2. The van der Waals surface area contributed by atoms with Crippen LogP contribution in [0.1, 0.15) is 145 Å². The number of benzene rings is 1. The fourth-order valence-electron chi connectivity index (χ4n) is 5.98. The van der Waals surface area contributed by atoms with Crippen LogP contribution in [0, 0.1) is 0 Å². The average Bonchev–Trinajstić information content (AvgIpc) is 2.82. The van der Waals surface area contributed by atoms with Gasteiger partial charge in [0.15, 0.2) is 5.75 Å². The Labute approximate surface area is 179 Å². The van der Waals surface area contributed by atoms with Crippen molar-refractivity contribution in [1.29, 1.82) is 0 Å². The zero-order valence-corrected chi connectivity index (χ0v) is 19.3. The lowest BCUT2D eigenvalue weighted by Crippen LogP contribution is -2.14. The monoisotopic (exact) mass is 400 g/mol. The highest BCUT2D eigenvalue weighted by Crippen LogP contribution is 2.47. The lowest BCUT2D eigenvalue weighted by Gasteiger charge is -2.31. The Kier molecular flexibility index (Phi) is 9.36. The molecule has 3 aliphatic rings. The van der Waals surface area contributed by atoms with Crippen LogP contribution in [0.25, 0.3) is 0 Å². The molecule has 3 aliphatic carbocycles. The summed E-state index contributed by atoms with van der Waals surface area (Å²) in [6, 6.07) is 5.07. The normalized spacial score (nSPS) is 22.0. The SMILES string of the molecule is CC.COOc1c(C2CCCCC2)cc(C2CCCCC2)cc1C1CCCCC1. The van der Waals surface area contributed by atoms with Crippen LogP contribution in [0.2, 0.25) is 0 Å². The highest BCUT2D eigenvalue weighted by Gasteiger charge is 2.29. The first-order valence-electron chi connectivity index (χ1n) is 12.7. The van der Waals surface area contributed by atoms with Crippen LogP contribution < -0.4 is 4.89 Å². The van der Waals surface area contributed by atoms with E-state index in [0.29, 0.717) is 11.8 Å². The Bertz CT molecular complexity index is 552. The lowest BCUT2D eigenvalue weighted by molar-refractivity contribution is -0.179. The summed E-state index contributed by atoms with van der Waals surface area (Å²) < 4.78 is 0. The molecule has 0 radical (unpaired) electrons. The van der Waals surface area contributed by atoms with Gasteiger partial charge in [-0.2, -0.15) is 4.89 Å². The molecule has 0 aromatic heterocycles. The Morgan fingerprint density at radius 2 is 0.966 bits per heavy atom. The van der Waals surface area contributed by atoms with Crippen LogP contribution in [0.4, 0.5) is 0 Å². The van der Waals surface area contributed by atoms with E-state index in [1.165, 1.54) is 107 Å². The number of hydrogen-bond donors (Lipinski definition) is 0. The van der Waals surface area contributed by atoms with Crippen molar-refractivity contribution in [2.75, 3.05) is 7.11 Å². The molecule has 0 bridgehead atoms. The minimum absolute atomic E-state index is 0.662. The van der Waals surface area contributed by atoms with Gasteiger partial charge in [-0.15, -0.1) is 0 Å². The van der Waals surface area contributed by atoms with Crippen LogP contribution in [0.5, 0.6) is 5.75 Å². The van der Waals surface area contributed by atoms with Crippen LogP contribution in [-0.4, -0.2) is 7.11 Å². The van der Waals surface area contributed by atoms with E-state index in [-0.39, 0.29) is 0 Å². The number of hydrogen-bond acceptors (Lipinski definition) is 2.